The van der Waals surface area contributed by atoms with E-state index < -0.39 is 0 Å². The number of aromatic nitrogens is 1. The Labute approximate surface area is 150 Å². The second kappa shape index (κ2) is 6.19. The molecule has 4 nitrogen and oxygen atoms in total. The van der Waals surface area contributed by atoms with Crippen molar-refractivity contribution in [2.24, 2.45) is 5.92 Å². The van der Waals surface area contributed by atoms with Crippen molar-refractivity contribution in [2.45, 2.75) is 38.1 Å². The Kier molecular flexibility index (Phi) is 4.17. The van der Waals surface area contributed by atoms with E-state index >= 15 is 0 Å². The second-order valence-corrected chi connectivity index (χ2v) is 7.81. The van der Waals surface area contributed by atoms with E-state index in [-0.39, 0.29) is 11.9 Å². The number of carbonyl (C=O) groups is 1. The third-order valence-corrected chi connectivity index (χ3v) is 6.37. The highest BCUT2D eigenvalue weighted by molar-refractivity contribution is 9.10. The van der Waals surface area contributed by atoms with Crippen molar-refractivity contribution in [3.8, 4) is 0 Å². The number of carbonyl (C=O) groups excluding carboxylic acids is 1. The van der Waals surface area contributed by atoms with E-state index in [0.29, 0.717) is 12.0 Å². The van der Waals surface area contributed by atoms with Crippen LogP contribution in [0, 0.1) is 5.92 Å². The lowest BCUT2D eigenvalue weighted by Gasteiger charge is -2.46. The lowest BCUT2D eigenvalue weighted by Crippen LogP contribution is -2.51. The maximum Gasteiger partial charge on any atom is 0.309 e. The van der Waals surface area contributed by atoms with Crippen LogP contribution in [0.4, 0.5) is 0 Å². The number of halogens is 1. The number of ether oxygens (including phenoxy) is 1. The quantitative estimate of drug-likeness (QED) is 0.809. The first-order valence-corrected chi connectivity index (χ1v) is 9.54. The van der Waals surface area contributed by atoms with Gasteiger partial charge in [0, 0.05) is 29.4 Å². The molecule has 0 unspecified atom stereocenters. The summed E-state index contributed by atoms with van der Waals surface area (Å²) < 4.78 is 6.17. The molecule has 0 spiro atoms. The summed E-state index contributed by atoms with van der Waals surface area (Å²) in [5, 5.41) is 1.35. The normalized spacial score (nSPS) is 26.4. The lowest BCUT2D eigenvalue weighted by molar-refractivity contribution is -0.148. The van der Waals surface area contributed by atoms with Gasteiger partial charge in [0.2, 0.25) is 0 Å². The Morgan fingerprint density at radius 2 is 2.29 bits per heavy atom. The predicted octanol–water partition coefficient (Wildman–Crippen LogP) is 3.84. The predicted molar refractivity (Wildman–Crippen MR) is 98.2 cm³/mol. The molecule has 0 bridgehead atoms. The average molecular weight is 391 g/mol. The molecule has 3 atom stereocenters. The fourth-order valence-corrected chi connectivity index (χ4v) is 5.30. The fourth-order valence-electron chi connectivity index (χ4n) is 4.72. The van der Waals surface area contributed by atoms with E-state index in [2.05, 4.69) is 50.9 Å². The summed E-state index contributed by atoms with van der Waals surface area (Å²) in [6.45, 7) is 4.05. The first-order chi connectivity index (χ1) is 11.6. The number of rotatable bonds is 3. The van der Waals surface area contributed by atoms with Crippen LogP contribution in [-0.4, -0.2) is 42.1 Å². The number of nitrogens with one attached hydrogen (secondary N) is 1. The number of fused-ring (bicyclic) bond motifs is 2. The summed E-state index contributed by atoms with van der Waals surface area (Å²) in [5.74, 6) is 0.304. The van der Waals surface area contributed by atoms with Crippen molar-refractivity contribution in [1.82, 2.24) is 9.88 Å². The summed E-state index contributed by atoms with van der Waals surface area (Å²) in [7, 11) is 1.50. The van der Waals surface area contributed by atoms with Crippen molar-refractivity contribution < 1.29 is 9.53 Å². The van der Waals surface area contributed by atoms with Crippen LogP contribution < -0.4 is 0 Å². The van der Waals surface area contributed by atoms with E-state index in [4.69, 9.17) is 4.74 Å². The Hall–Kier alpha value is -1.33. The fraction of sp³-hybridized carbons (Fsp3) is 0.526. The van der Waals surface area contributed by atoms with Crippen molar-refractivity contribution in [1.29, 1.82) is 0 Å². The highest BCUT2D eigenvalue weighted by Gasteiger charge is 2.43. The number of hydrogen-bond acceptors (Lipinski definition) is 3. The molecule has 5 heteroatoms. The molecule has 2 heterocycles. The summed E-state index contributed by atoms with van der Waals surface area (Å²) in [5.41, 5.74) is 3.96. The Morgan fingerprint density at radius 1 is 1.46 bits per heavy atom. The molecule has 1 aromatic carbocycles. The van der Waals surface area contributed by atoms with Gasteiger partial charge in [0.15, 0.2) is 0 Å². The number of benzene rings is 1. The highest BCUT2D eigenvalue weighted by atomic mass is 79.9. The molecule has 1 aliphatic heterocycles. The molecule has 1 aliphatic carbocycles. The van der Waals surface area contributed by atoms with E-state index in [0.717, 1.165) is 37.0 Å². The molecule has 0 saturated carbocycles. The number of esters is 1. The number of piperidine rings is 1. The summed E-state index contributed by atoms with van der Waals surface area (Å²) in [6.07, 6.45) is 3.03. The topological polar surface area (TPSA) is 45.3 Å². The Morgan fingerprint density at radius 3 is 3.04 bits per heavy atom. The third-order valence-electron chi connectivity index (χ3n) is 5.69. The number of nitrogens with zero attached hydrogens (tertiary/aromatic N) is 1. The van der Waals surface area contributed by atoms with Crippen LogP contribution in [0.3, 0.4) is 0 Å². The van der Waals surface area contributed by atoms with Crippen LogP contribution in [0.1, 0.15) is 36.8 Å². The minimum Gasteiger partial charge on any atom is -0.469 e. The summed E-state index contributed by atoms with van der Waals surface area (Å²) in [6, 6.07) is 6.97. The van der Waals surface area contributed by atoms with Crippen molar-refractivity contribution >= 4 is 32.8 Å². The molecule has 1 fully saturated rings. The monoisotopic (exact) mass is 390 g/mol. The van der Waals surface area contributed by atoms with Gasteiger partial charge in [-0.25, -0.2) is 0 Å². The van der Waals surface area contributed by atoms with Crippen molar-refractivity contribution in [3.63, 3.8) is 0 Å². The molecule has 0 radical (unpaired) electrons. The molecule has 4 rings (SSSR count). The zero-order valence-corrected chi connectivity index (χ0v) is 15.7. The molecule has 2 aliphatic rings. The molecule has 1 N–H and O–H groups in total. The van der Waals surface area contributed by atoms with Crippen molar-refractivity contribution in [2.75, 3.05) is 20.2 Å². The van der Waals surface area contributed by atoms with Crippen LogP contribution in [0.5, 0.6) is 0 Å². The Bertz CT molecular complexity index is 785. The van der Waals surface area contributed by atoms with Gasteiger partial charge in [-0.1, -0.05) is 19.1 Å². The van der Waals surface area contributed by atoms with Gasteiger partial charge in [-0.05, 0) is 58.9 Å². The lowest BCUT2D eigenvalue weighted by atomic mass is 9.72. The van der Waals surface area contributed by atoms with E-state index in [1.807, 2.05) is 0 Å². The van der Waals surface area contributed by atoms with Crippen molar-refractivity contribution in [3.05, 3.63) is 33.9 Å². The summed E-state index contributed by atoms with van der Waals surface area (Å²) in [4.78, 5) is 18.2. The molecular formula is C19H23BrN2O2. The Balaban J connectivity index is 1.80. The molecule has 0 amide bonds. The first-order valence-electron chi connectivity index (χ1n) is 8.74. The average Bonchev–Trinajstić information content (AvgIpc) is 2.92. The molecule has 2 aromatic rings. The molecule has 24 heavy (non-hydrogen) atoms. The molecule has 1 saturated heterocycles. The van der Waals surface area contributed by atoms with Gasteiger partial charge in [0.25, 0.3) is 0 Å². The van der Waals surface area contributed by atoms with Gasteiger partial charge in [-0.2, -0.15) is 0 Å². The van der Waals surface area contributed by atoms with Gasteiger partial charge in [0.05, 0.1) is 17.6 Å². The zero-order chi connectivity index (χ0) is 16.8. The molecule has 128 valence electrons. The van der Waals surface area contributed by atoms with Crippen LogP contribution >= 0.6 is 15.9 Å². The summed E-state index contributed by atoms with van der Waals surface area (Å²) >= 11 is 3.71. The maximum atomic E-state index is 12.2. The van der Waals surface area contributed by atoms with Crippen LogP contribution in [-0.2, 0) is 16.0 Å². The smallest absolute Gasteiger partial charge is 0.309 e. The van der Waals surface area contributed by atoms with Gasteiger partial charge < -0.3 is 9.72 Å². The van der Waals surface area contributed by atoms with E-state index in [9.17, 15) is 4.79 Å². The van der Waals surface area contributed by atoms with Gasteiger partial charge in [-0.3, -0.25) is 9.69 Å². The largest absolute Gasteiger partial charge is 0.469 e. The van der Waals surface area contributed by atoms with E-state index in [1.165, 1.54) is 29.1 Å². The highest BCUT2D eigenvalue weighted by Crippen LogP contribution is 2.46. The third kappa shape index (κ3) is 2.40. The van der Waals surface area contributed by atoms with Gasteiger partial charge in [0.1, 0.15) is 0 Å². The number of likely N-dealkylation sites (tertiary alicyclic amines) is 1. The SMILES string of the molecule is CCCN1C[C@H](C(=O)OC)C[C@@H]2c3cccc4[nH]c(Br)c(c34)C[C@H]21. The molecular weight excluding hydrogens is 368 g/mol. The standard InChI is InChI=1S/C19H23BrN2O2/c1-3-7-22-10-11(19(23)24-2)8-13-12-5-4-6-15-17(12)14(9-16(13)22)18(20)21-15/h4-6,11,13,16,21H,3,7-10H2,1-2H3/t11-,13-,16-/m1/s1. The second-order valence-electron chi connectivity index (χ2n) is 7.02. The van der Waals surface area contributed by atoms with Crippen LogP contribution in [0.25, 0.3) is 10.9 Å². The first kappa shape index (κ1) is 16.2. The van der Waals surface area contributed by atoms with Crippen LogP contribution in [0.2, 0.25) is 0 Å². The number of aromatic amines is 1. The van der Waals surface area contributed by atoms with Crippen LogP contribution in [0.15, 0.2) is 22.8 Å². The number of methoxy groups -OCH3 is 1. The minimum atomic E-state index is -0.0669. The van der Waals surface area contributed by atoms with Gasteiger partial charge in [-0.15, -0.1) is 0 Å². The number of H-pyrrole nitrogens is 1. The minimum absolute atomic E-state index is 0.0259. The zero-order valence-electron chi connectivity index (χ0n) is 14.1. The van der Waals surface area contributed by atoms with E-state index in [1.54, 1.807) is 0 Å². The maximum absolute atomic E-state index is 12.2. The molecule has 1 aromatic heterocycles. The van der Waals surface area contributed by atoms with Gasteiger partial charge >= 0.3 is 5.97 Å². The number of hydrogen-bond donors (Lipinski definition) is 1.